The largest absolute Gasteiger partial charge is 0.383 e. The van der Waals surface area contributed by atoms with E-state index in [-0.39, 0.29) is 17.8 Å². The molecule has 5 rings (SSSR count). The highest BCUT2D eigenvalue weighted by Gasteiger charge is 2.31. The lowest BCUT2D eigenvalue weighted by atomic mass is 9.99. The van der Waals surface area contributed by atoms with Crippen LogP contribution >= 0.6 is 11.6 Å². The van der Waals surface area contributed by atoms with Crippen LogP contribution in [0.4, 0.5) is 10.2 Å². The molecule has 2 aliphatic heterocycles. The number of fused-ring (bicyclic) bond motifs is 3. The normalized spacial score (nSPS) is 18.4. The highest BCUT2D eigenvalue weighted by atomic mass is 35.5. The van der Waals surface area contributed by atoms with Crippen LogP contribution in [-0.4, -0.2) is 35.5 Å². The molecule has 0 aliphatic carbocycles. The van der Waals surface area contributed by atoms with Crippen LogP contribution in [0.5, 0.6) is 0 Å². The van der Waals surface area contributed by atoms with Crippen molar-refractivity contribution in [2.24, 2.45) is 0 Å². The summed E-state index contributed by atoms with van der Waals surface area (Å²) in [6.07, 6.45) is 0. The van der Waals surface area contributed by atoms with Crippen LogP contribution in [0.15, 0.2) is 30.3 Å². The van der Waals surface area contributed by atoms with Gasteiger partial charge in [0.25, 0.3) is 5.91 Å². The second kappa shape index (κ2) is 7.75. The van der Waals surface area contributed by atoms with E-state index in [2.05, 4.69) is 4.98 Å². The second-order valence-electron chi connectivity index (χ2n) is 7.89. The van der Waals surface area contributed by atoms with Gasteiger partial charge in [-0.25, -0.2) is 9.37 Å². The molecule has 0 saturated carbocycles. The second-order valence-corrected chi connectivity index (χ2v) is 8.30. The van der Waals surface area contributed by atoms with Crippen molar-refractivity contribution in [1.82, 2.24) is 9.88 Å². The molecule has 6 nitrogen and oxygen atoms in total. The summed E-state index contributed by atoms with van der Waals surface area (Å²) in [5.41, 5.74) is 10.2. The Kier molecular flexibility index (Phi) is 5.04. The van der Waals surface area contributed by atoms with Crippen molar-refractivity contribution in [3.8, 4) is 0 Å². The highest BCUT2D eigenvalue weighted by Crippen LogP contribution is 2.35. The smallest absolute Gasteiger partial charge is 0.256 e. The fraction of sp³-hybridized carbons (Fsp3) is 0.304. The maximum absolute atomic E-state index is 13.8. The third-order valence-electron chi connectivity index (χ3n) is 6.00. The van der Waals surface area contributed by atoms with Gasteiger partial charge in [-0.1, -0.05) is 23.7 Å². The Bertz CT molecular complexity index is 1220. The monoisotopic (exact) mass is 441 g/mol. The lowest BCUT2D eigenvalue weighted by Gasteiger charge is -2.36. The molecule has 2 aliphatic rings. The summed E-state index contributed by atoms with van der Waals surface area (Å²) in [6, 6.07) is 8.00. The molecule has 1 unspecified atom stereocenters. The SMILES string of the molecule is Cc1cc(C2COCCN2C(=O)c2cc3c4c(c(N)nc3cc2Cl)COC4)ccc1F. The number of nitrogens with two attached hydrogens (primary N) is 1. The van der Waals surface area contributed by atoms with Gasteiger partial charge >= 0.3 is 0 Å². The first-order valence-corrected chi connectivity index (χ1v) is 10.4. The first kappa shape index (κ1) is 20.2. The fourth-order valence-electron chi connectivity index (χ4n) is 4.31. The number of carbonyl (C=O) groups excluding carboxylic acids is 1. The van der Waals surface area contributed by atoms with E-state index >= 15 is 0 Å². The van der Waals surface area contributed by atoms with Crippen LogP contribution in [0.25, 0.3) is 10.9 Å². The minimum atomic E-state index is -0.328. The van der Waals surface area contributed by atoms with Gasteiger partial charge in [-0.05, 0) is 41.8 Å². The molecule has 160 valence electrons. The van der Waals surface area contributed by atoms with E-state index in [0.29, 0.717) is 60.5 Å². The zero-order valence-electron chi connectivity index (χ0n) is 17.0. The fourth-order valence-corrected chi connectivity index (χ4v) is 4.55. The minimum absolute atomic E-state index is 0.202. The molecule has 0 radical (unpaired) electrons. The first-order chi connectivity index (χ1) is 14.9. The van der Waals surface area contributed by atoms with Crippen molar-refractivity contribution < 1.29 is 18.7 Å². The van der Waals surface area contributed by atoms with Gasteiger partial charge in [-0.15, -0.1) is 0 Å². The molecule has 3 heterocycles. The summed E-state index contributed by atoms with van der Waals surface area (Å²) in [7, 11) is 0. The maximum atomic E-state index is 13.8. The average Bonchev–Trinajstić information content (AvgIpc) is 3.26. The van der Waals surface area contributed by atoms with E-state index in [4.69, 9.17) is 26.8 Å². The predicted molar refractivity (Wildman–Crippen MR) is 115 cm³/mol. The number of ether oxygens (including phenoxy) is 2. The first-order valence-electron chi connectivity index (χ1n) is 10.1. The van der Waals surface area contributed by atoms with E-state index in [0.717, 1.165) is 22.1 Å². The van der Waals surface area contributed by atoms with Gasteiger partial charge in [-0.2, -0.15) is 0 Å². The minimum Gasteiger partial charge on any atom is -0.383 e. The molecular formula is C23H21ClFN3O3. The molecule has 0 spiro atoms. The van der Waals surface area contributed by atoms with Crippen LogP contribution in [0.2, 0.25) is 5.02 Å². The van der Waals surface area contributed by atoms with Crippen LogP contribution in [0.3, 0.4) is 0 Å². The number of anilines is 1. The summed E-state index contributed by atoms with van der Waals surface area (Å²) < 4.78 is 25.0. The molecule has 1 aromatic heterocycles. The number of benzene rings is 2. The standard InChI is InChI=1S/C23H21ClFN3O3/c1-12-6-13(2-3-19(12)25)21-11-30-5-4-28(21)23(29)15-7-14-16-9-31-10-17(16)22(26)27-20(14)8-18(15)24/h2-3,6-8,21H,4-5,9-11H2,1H3,(H2,26,27). The molecule has 2 aromatic carbocycles. The number of rotatable bonds is 2. The molecule has 1 atom stereocenters. The molecule has 8 heteroatoms. The summed E-state index contributed by atoms with van der Waals surface area (Å²) in [5, 5.41) is 1.13. The van der Waals surface area contributed by atoms with Gasteiger partial charge in [0.2, 0.25) is 0 Å². The Morgan fingerprint density at radius 2 is 2.03 bits per heavy atom. The van der Waals surface area contributed by atoms with Gasteiger partial charge in [-0.3, -0.25) is 4.79 Å². The number of halogens is 2. The van der Waals surface area contributed by atoms with Gasteiger partial charge in [0, 0.05) is 17.5 Å². The third kappa shape index (κ3) is 3.43. The topological polar surface area (TPSA) is 77.7 Å². The number of hydrogen-bond acceptors (Lipinski definition) is 5. The third-order valence-corrected chi connectivity index (χ3v) is 6.32. The number of pyridine rings is 1. The Morgan fingerprint density at radius 1 is 1.23 bits per heavy atom. The number of hydrogen-bond donors (Lipinski definition) is 1. The van der Waals surface area contributed by atoms with Crippen molar-refractivity contribution >= 4 is 34.2 Å². The molecule has 3 aromatic rings. The van der Waals surface area contributed by atoms with Crippen LogP contribution in [0, 0.1) is 12.7 Å². The number of aryl methyl sites for hydroxylation is 1. The maximum Gasteiger partial charge on any atom is 0.256 e. The van der Waals surface area contributed by atoms with E-state index in [1.165, 1.54) is 6.07 Å². The molecular weight excluding hydrogens is 421 g/mol. The summed E-state index contributed by atoms with van der Waals surface area (Å²) in [5.74, 6) is -0.0551. The van der Waals surface area contributed by atoms with E-state index in [9.17, 15) is 9.18 Å². The number of carbonyl (C=O) groups is 1. The highest BCUT2D eigenvalue weighted by molar-refractivity contribution is 6.34. The number of amides is 1. The van der Waals surface area contributed by atoms with Gasteiger partial charge < -0.3 is 20.1 Å². The molecule has 1 fully saturated rings. The number of nitrogen functional groups attached to an aromatic ring is 1. The lowest BCUT2D eigenvalue weighted by molar-refractivity contribution is -0.00271. The Balaban J connectivity index is 1.57. The van der Waals surface area contributed by atoms with E-state index in [1.807, 2.05) is 0 Å². The molecule has 31 heavy (non-hydrogen) atoms. The Labute approximate surface area is 183 Å². The lowest BCUT2D eigenvalue weighted by Crippen LogP contribution is -2.43. The average molecular weight is 442 g/mol. The number of nitrogens with zero attached hydrogens (tertiary/aromatic N) is 2. The van der Waals surface area contributed by atoms with Gasteiger partial charge in [0.1, 0.15) is 11.6 Å². The summed E-state index contributed by atoms with van der Waals surface area (Å²) >= 11 is 6.52. The molecule has 2 N–H and O–H groups in total. The summed E-state index contributed by atoms with van der Waals surface area (Å²) in [4.78, 5) is 19.8. The van der Waals surface area contributed by atoms with E-state index in [1.54, 1.807) is 36.1 Å². The van der Waals surface area contributed by atoms with Crippen LogP contribution < -0.4 is 5.73 Å². The van der Waals surface area contributed by atoms with Crippen molar-refractivity contribution in [1.29, 1.82) is 0 Å². The van der Waals surface area contributed by atoms with Crippen molar-refractivity contribution in [3.05, 3.63) is 69.0 Å². The Hall–Kier alpha value is -2.74. The zero-order chi connectivity index (χ0) is 21.7. The van der Waals surface area contributed by atoms with E-state index < -0.39 is 0 Å². The number of morpholine rings is 1. The van der Waals surface area contributed by atoms with Gasteiger partial charge in [0.15, 0.2) is 0 Å². The molecule has 1 amide bonds. The predicted octanol–water partition coefficient (Wildman–Crippen LogP) is 4.16. The summed E-state index contributed by atoms with van der Waals surface area (Å²) in [6.45, 7) is 3.71. The quantitative estimate of drug-likeness (QED) is 0.646. The zero-order valence-corrected chi connectivity index (χ0v) is 17.7. The van der Waals surface area contributed by atoms with Crippen molar-refractivity contribution in [2.75, 3.05) is 25.5 Å². The van der Waals surface area contributed by atoms with Crippen molar-refractivity contribution in [2.45, 2.75) is 26.2 Å². The van der Waals surface area contributed by atoms with Crippen molar-refractivity contribution in [3.63, 3.8) is 0 Å². The number of aromatic nitrogens is 1. The Morgan fingerprint density at radius 3 is 2.84 bits per heavy atom. The van der Waals surface area contributed by atoms with Crippen LogP contribution in [-0.2, 0) is 22.7 Å². The van der Waals surface area contributed by atoms with Gasteiger partial charge in [0.05, 0.1) is 48.6 Å². The molecule has 1 saturated heterocycles. The molecule has 0 bridgehead atoms. The van der Waals surface area contributed by atoms with Crippen LogP contribution in [0.1, 0.15) is 38.7 Å².